The third-order valence-electron chi connectivity index (χ3n) is 4.55. The van der Waals surface area contributed by atoms with Crippen LogP contribution in [-0.2, 0) is 11.3 Å². The Labute approximate surface area is 196 Å². The van der Waals surface area contributed by atoms with E-state index in [0.29, 0.717) is 18.1 Å². The monoisotopic (exact) mass is 515 g/mol. The average Bonchev–Trinajstić information content (AvgIpc) is 3.19. The van der Waals surface area contributed by atoms with Gasteiger partial charge in [0.25, 0.3) is 0 Å². The molecule has 0 bridgehead atoms. The van der Waals surface area contributed by atoms with E-state index in [4.69, 9.17) is 4.98 Å². The number of rotatable bonds is 8. The molecule has 0 atom stereocenters. The highest BCUT2D eigenvalue weighted by Crippen LogP contribution is 2.32. The second kappa shape index (κ2) is 10.3. The molecule has 0 saturated heterocycles. The highest BCUT2D eigenvalue weighted by atomic mass is 79.9. The van der Waals surface area contributed by atoms with E-state index in [1.807, 2.05) is 30.3 Å². The van der Waals surface area contributed by atoms with E-state index in [1.165, 1.54) is 23.5 Å². The molecule has 4 aromatic rings. The van der Waals surface area contributed by atoms with Gasteiger partial charge in [0.1, 0.15) is 5.82 Å². The number of thiazole rings is 1. The van der Waals surface area contributed by atoms with Crippen LogP contribution in [0.25, 0.3) is 10.2 Å². The second-order valence-corrected chi connectivity index (χ2v) is 9.95. The van der Waals surface area contributed by atoms with Crippen molar-refractivity contribution in [1.82, 2.24) is 9.97 Å². The summed E-state index contributed by atoms with van der Waals surface area (Å²) < 4.78 is 15.0. The van der Waals surface area contributed by atoms with Crippen LogP contribution in [0.4, 0.5) is 9.52 Å². The number of hydrogen-bond acceptors (Lipinski definition) is 5. The minimum atomic E-state index is -0.242. The van der Waals surface area contributed by atoms with Gasteiger partial charge >= 0.3 is 0 Å². The molecule has 2 heterocycles. The molecule has 0 N–H and O–H groups in total. The first-order valence-corrected chi connectivity index (χ1v) is 12.3. The number of thioether (sulfide) groups is 1. The molecular formula is C23H19BrFN3OS2. The van der Waals surface area contributed by atoms with Crippen molar-refractivity contribution < 1.29 is 9.18 Å². The Bertz CT molecular complexity index is 1170. The van der Waals surface area contributed by atoms with Crippen molar-refractivity contribution in [3.05, 3.63) is 82.8 Å². The van der Waals surface area contributed by atoms with Gasteiger partial charge in [0.2, 0.25) is 5.91 Å². The fourth-order valence-electron chi connectivity index (χ4n) is 3.02. The SMILES string of the molecule is O=C(CCCSc1ccc(F)cc1)N(Cc1cccnc1)c1nc2ccc(Br)cc2s1. The first-order valence-electron chi connectivity index (χ1n) is 9.72. The Kier molecular flexibility index (Phi) is 7.32. The standard InChI is InChI=1S/C23H19BrFN3OS2/c24-17-5-10-20-21(13-17)31-23(27-20)28(15-16-3-1-11-26-14-16)22(29)4-2-12-30-19-8-6-18(25)7-9-19/h1,3,5-11,13-14H,2,4,12,15H2. The molecule has 4 nitrogen and oxygen atoms in total. The van der Waals surface area contributed by atoms with Gasteiger partial charge in [-0.2, -0.15) is 0 Å². The lowest BCUT2D eigenvalue weighted by Crippen LogP contribution is -2.30. The summed E-state index contributed by atoms with van der Waals surface area (Å²) in [5.74, 6) is 0.570. The van der Waals surface area contributed by atoms with E-state index >= 15 is 0 Å². The molecule has 2 aromatic carbocycles. The maximum atomic E-state index is 13.2. The molecule has 31 heavy (non-hydrogen) atoms. The Balaban J connectivity index is 1.46. The number of nitrogens with zero attached hydrogens (tertiary/aromatic N) is 3. The summed E-state index contributed by atoms with van der Waals surface area (Å²) in [4.78, 5) is 24.8. The normalized spacial score (nSPS) is 11.0. The summed E-state index contributed by atoms with van der Waals surface area (Å²) in [5.41, 5.74) is 1.83. The zero-order valence-corrected chi connectivity index (χ0v) is 19.7. The van der Waals surface area contributed by atoms with Crippen molar-refractivity contribution in [3.8, 4) is 0 Å². The van der Waals surface area contributed by atoms with Gasteiger partial charge in [0.15, 0.2) is 5.13 Å². The number of halogens is 2. The van der Waals surface area contributed by atoms with E-state index in [-0.39, 0.29) is 11.7 Å². The Morgan fingerprint density at radius 3 is 2.77 bits per heavy atom. The van der Waals surface area contributed by atoms with E-state index in [0.717, 1.165) is 37.3 Å². The first kappa shape index (κ1) is 21.9. The largest absolute Gasteiger partial charge is 0.284 e. The number of fused-ring (bicyclic) bond motifs is 1. The predicted molar refractivity (Wildman–Crippen MR) is 129 cm³/mol. The molecule has 0 radical (unpaired) electrons. The zero-order chi connectivity index (χ0) is 21.6. The van der Waals surface area contributed by atoms with Crippen LogP contribution in [0.5, 0.6) is 0 Å². The number of amides is 1. The maximum absolute atomic E-state index is 13.2. The Hall–Kier alpha value is -2.29. The highest BCUT2D eigenvalue weighted by molar-refractivity contribution is 9.10. The van der Waals surface area contributed by atoms with Crippen molar-refractivity contribution >= 4 is 60.3 Å². The van der Waals surface area contributed by atoms with E-state index in [1.54, 1.807) is 41.2 Å². The van der Waals surface area contributed by atoms with Gasteiger partial charge in [0, 0.05) is 28.2 Å². The van der Waals surface area contributed by atoms with E-state index in [9.17, 15) is 9.18 Å². The quantitative estimate of drug-likeness (QED) is 0.193. The van der Waals surface area contributed by atoms with Crippen LogP contribution in [0, 0.1) is 5.82 Å². The Morgan fingerprint density at radius 2 is 2.00 bits per heavy atom. The maximum Gasteiger partial charge on any atom is 0.229 e. The summed E-state index contributed by atoms with van der Waals surface area (Å²) in [5, 5.41) is 0.688. The lowest BCUT2D eigenvalue weighted by atomic mass is 10.2. The molecule has 0 fully saturated rings. The van der Waals surface area contributed by atoms with Crippen LogP contribution < -0.4 is 4.90 Å². The van der Waals surface area contributed by atoms with Gasteiger partial charge in [-0.25, -0.2) is 9.37 Å². The number of aromatic nitrogens is 2. The summed E-state index contributed by atoms with van der Waals surface area (Å²) in [7, 11) is 0. The third-order valence-corrected chi connectivity index (χ3v) is 7.18. The molecule has 158 valence electrons. The van der Waals surface area contributed by atoms with Gasteiger partial charge in [0.05, 0.1) is 16.8 Å². The third kappa shape index (κ3) is 5.90. The number of benzene rings is 2. The van der Waals surface area contributed by atoms with Gasteiger partial charge in [-0.3, -0.25) is 14.7 Å². The highest BCUT2D eigenvalue weighted by Gasteiger charge is 2.20. The van der Waals surface area contributed by atoms with Crippen LogP contribution in [0.15, 0.2) is 76.4 Å². The number of carbonyl (C=O) groups is 1. The summed E-state index contributed by atoms with van der Waals surface area (Å²) in [6.45, 7) is 0.429. The van der Waals surface area contributed by atoms with Gasteiger partial charge in [-0.05, 0) is 66.3 Å². The van der Waals surface area contributed by atoms with Gasteiger partial charge in [-0.1, -0.05) is 33.3 Å². The van der Waals surface area contributed by atoms with Crippen molar-refractivity contribution in [2.75, 3.05) is 10.7 Å². The summed E-state index contributed by atoms with van der Waals surface area (Å²) >= 11 is 6.62. The molecule has 2 aromatic heterocycles. The summed E-state index contributed by atoms with van der Waals surface area (Å²) in [6, 6.07) is 16.2. The van der Waals surface area contributed by atoms with Crippen LogP contribution >= 0.6 is 39.0 Å². The molecule has 0 saturated carbocycles. The molecule has 0 aliphatic rings. The molecular weight excluding hydrogens is 497 g/mol. The van der Waals surface area contributed by atoms with E-state index < -0.39 is 0 Å². The fraction of sp³-hybridized carbons (Fsp3) is 0.174. The molecule has 0 spiro atoms. The van der Waals surface area contributed by atoms with Gasteiger partial charge in [-0.15, -0.1) is 11.8 Å². The molecule has 1 amide bonds. The van der Waals surface area contributed by atoms with Crippen molar-refractivity contribution in [2.45, 2.75) is 24.3 Å². The van der Waals surface area contributed by atoms with E-state index in [2.05, 4.69) is 20.9 Å². The molecule has 0 unspecified atom stereocenters. The molecule has 4 rings (SSSR count). The zero-order valence-electron chi connectivity index (χ0n) is 16.5. The fourth-order valence-corrected chi connectivity index (χ4v) is 5.40. The summed E-state index contributed by atoms with van der Waals surface area (Å²) in [6.07, 6.45) is 4.63. The van der Waals surface area contributed by atoms with Crippen molar-refractivity contribution in [3.63, 3.8) is 0 Å². The number of hydrogen-bond donors (Lipinski definition) is 0. The first-order chi connectivity index (χ1) is 15.1. The minimum absolute atomic E-state index is 0.0293. The lowest BCUT2D eigenvalue weighted by Gasteiger charge is -2.20. The molecule has 0 aliphatic carbocycles. The topological polar surface area (TPSA) is 46.1 Å². The smallest absolute Gasteiger partial charge is 0.229 e. The second-order valence-electron chi connectivity index (χ2n) is 6.86. The number of anilines is 1. The van der Waals surface area contributed by atoms with Crippen molar-refractivity contribution in [1.29, 1.82) is 0 Å². The molecule has 8 heteroatoms. The minimum Gasteiger partial charge on any atom is -0.284 e. The van der Waals surface area contributed by atoms with Crippen LogP contribution in [-0.4, -0.2) is 21.6 Å². The van der Waals surface area contributed by atoms with Crippen LogP contribution in [0.1, 0.15) is 18.4 Å². The average molecular weight is 516 g/mol. The predicted octanol–water partition coefficient (Wildman–Crippen LogP) is 6.70. The van der Waals surface area contributed by atoms with Crippen molar-refractivity contribution in [2.24, 2.45) is 0 Å². The van der Waals surface area contributed by atoms with Crippen LogP contribution in [0.2, 0.25) is 0 Å². The Morgan fingerprint density at radius 1 is 1.16 bits per heavy atom. The van der Waals surface area contributed by atoms with Crippen LogP contribution in [0.3, 0.4) is 0 Å². The lowest BCUT2D eigenvalue weighted by molar-refractivity contribution is -0.118. The number of carbonyl (C=O) groups excluding carboxylic acids is 1. The number of pyridine rings is 1. The molecule has 0 aliphatic heterocycles. The van der Waals surface area contributed by atoms with Gasteiger partial charge < -0.3 is 0 Å².